The van der Waals surface area contributed by atoms with Gasteiger partial charge < -0.3 is 9.84 Å². The summed E-state index contributed by atoms with van der Waals surface area (Å²) < 4.78 is 32.4. The third-order valence-electron chi connectivity index (χ3n) is 4.74. The van der Waals surface area contributed by atoms with E-state index in [-0.39, 0.29) is 23.1 Å². The van der Waals surface area contributed by atoms with Gasteiger partial charge in [-0.3, -0.25) is 4.79 Å². The number of piperidine rings is 1. The van der Waals surface area contributed by atoms with Crippen LogP contribution in [0.5, 0.6) is 0 Å². The van der Waals surface area contributed by atoms with E-state index in [1.807, 2.05) is 16.8 Å². The fourth-order valence-electron chi connectivity index (χ4n) is 3.33. The van der Waals surface area contributed by atoms with Crippen LogP contribution in [0.4, 0.5) is 5.13 Å². The van der Waals surface area contributed by atoms with Crippen LogP contribution in [0.2, 0.25) is 0 Å². The molecule has 1 amide bonds. The van der Waals surface area contributed by atoms with Gasteiger partial charge in [0.15, 0.2) is 5.76 Å². The number of anilines is 1. The molecule has 12 heteroatoms. The molecule has 3 aromatic rings. The van der Waals surface area contributed by atoms with Crippen LogP contribution in [0.1, 0.15) is 24.3 Å². The second-order valence-electron chi connectivity index (χ2n) is 6.77. The molecule has 1 fully saturated rings. The lowest BCUT2D eigenvalue weighted by molar-refractivity contribution is -0.120. The Morgan fingerprint density at radius 1 is 1.34 bits per heavy atom. The second-order valence-corrected chi connectivity index (χ2v) is 10.4. The summed E-state index contributed by atoms with van der Waals surface area (Å²) in [5.74, 6) is -0.465. The molecule has 1 atom stereocenters. The van der Waals surface area contributed by atoms with Gasteiger partial charge in [-0.25, -0.2) is 8.42 Å². The predicted molar refractivity (Wildman–Crippen MR) is 109 cm³/mol. The molecule has 0 radical (unpaired) electrons. The van der Waals surface area contributed by atoms with Gasteiger partial charge in [0.25, 0.3) is 0 Å². The number of carbonyl (C=O) groups excluding carboxylic acids is 1. The molecule has 9 nitrogen and oxygen atoms in total. The molecule has 4 rings (SSSR count). The van der Waals surface area contributed by atoms with Crippen molar-refractivity contribution in [1.29, 1.82) is 0 Å². The largest absolute Gasteiger partial charge is 0.360 e. The van der Waals surface area contributed by atoms with Crippen molar-refractivity contribution < 1.29 is 17.7 Å². The lowest BCUT2D eigenvalue weighted by Gasteiger charge is -2.30. The van der Waals surface area contributed by atoms with Crippen LogP contribution in [-0.2, 0) is 14.8 Å². The number of aryl methyl sites for hydroxylation is 2. The molecule has 1 aliphatic heterocycles. The number of rotatable bonds is 5. The maximum atomic E-state index is 13.0. The molecule has 3 aromatic heterocycles. The normalized spacial score (nSPS) is 18.1. The molecule has 0 aromatic carbocycles. The Morgan fingerprint density at radius 2 is 2.17 bits per heavy atom. The number of amides is 1. The summed E-state index contributed by atoms with van der Waals surface area (Å²) >= 11 is 2.85. The maximum Gasteiger partial charge on any atom is 0.248 e. The number of aromatic nitrogens is 3. The zero-order valence-electron chi connectivity index (χ0n) is 15.8. The van der Waals surface area contributed by atoms with Crippen LogP contribution in [0.3, 0.4) is 0 Å². The van der Waals surface area contributed by atoms with E-state index < -0.39 is 15.9 Å². The Kier molecular flexibility index (Phi) is 5.51. The minimum atomic E-state index is -3.77. The number of thiophene rings is 1. The molecular formula is C17H19N5O4S3. The van der Waals surface area contributed by atoms with Crippen LogP contribution < -0.4 is 5.32 Å². The van der Waals surface area contributed by atoms with Crippen LogP contribution in [0.25, 0.3) is 10.6 Å². The molecule has 1 saturated heterocycles. The highest BCUT2D eigenvalue weighted by Crippen LogP contribution is 2.30. The summed E-state index contributed by atoms with van der Waals surface area (Å²) in [5.41, 5.74) is 1.28. The van der Waals surface area contributed by atoms with E-state index in [1.165, 1.54) is 15.6 Å². The van der Waals surface area contributed by atoms with E-state index >= 15 is 0 Å². The molecule has 0 bridgehead atoms. The third kappa shape index (κ3) is 3.97. The monoisotopic (exact) mass is 453 g/mol. The van der Waals surface area contributed by atoms with E-state index in [9.17, 15) is 13.2 Å². The Hall–Kier alpha value is -2.15. The first-order chi connectivity index (χ1) is 13.9. The number of sulfonamides is 1. The van der Waals surface area contributed by atoms with E-state index in [4.69, 9.17) is 4.52 Å². The first-order valence-corrected chi connectivity index (χ1v) is 12.2. The Bertz CT molecular complexity index is 1100. The summed E-state index contributed by atoms with van der Waals surface area (Å²) in [6.07, 6.45) is 1.20. The smallest absolute Gasteiger partial charge is 0.248 e. The Morgan fingerprint density at radius 3 is 2.86 bits per heavy atom. The fraction of sp³-hybridized carbons (Fsp3) is 0.412. The van der Waals surface area contributed by atoms with Crippen molar-refractivity contribution in [2.24, 2.45) is 5.92 Å². The standard InChI is InChI=1S/C17H19N5O4S3/c1-10-14(11(2)26-21-10)29(24,25)22-6-3-4-12(8-22)15(23)18-17-20-19-16(28-17)13-5-7-27-9-13/h5,7,9,12H,3-4,6,8H2,1-2H3,(H,18,20,23). The molecule has 0 aliphatic carbocycles. The Balaban J connectivity index is 1.46. The highest BCUT2D eigenvalue weighted by molar-refractivity contribution is 7.89. The van der Waals surface area contributed by atoms with Gasteiger partial charge in [-0.15, -0.1) is 10.2 Å². The second kappa shape index (κ2) is 7.94. The topological polar surface area (TPSA) is 118 Å². The molecule has 29 heavy (non-hydrogen) atoms. The van der Waals surface area contributed by atoms with E-state index in [2.05, 4.69) is 20.7 Å². The zero-order chi connectivity index (χ0) is 20.6. The summed E-state index contributed by atoms with van der Waals surface area (Å²) in [4.78, 5) is 12.8. The maximum absolute atomic E-state index is 13.0. The first-order valence-electron chi connectivity index (χ1n) is 8.96. The molecule has 154 valence electrons. The molecular weight excluding hydrogens is 434 g/mol. The highest BCUT2D eigenvalue weighted by atomic mass is 32.2. The predicted octanol–water partition coefficient (Wildman–Crippen LogP) is 2.91. The number of hydrogen-bond acceptors (Lipinski definition) is 9. The first kappa shape index (κ1) is 20.1. The van der Waals surface area contributed by atoms with Gasteiger partial charge in [-0.1, -0.05) is 16.5 Å². The number of nitrogens with zero attached hydrogens (tertiary/aromatic N) is 4. The van der Waals surface area contributed by atoms with Gasteiger partial charge in [0.05, 0.1) is 5.92 Å². The molecule has 4 heterocycles. The van der Waals surface area contributed by atoms with Gasteiger partial charge in [0.1, 0.15) is 15.6 Å². The third-order valence-corrected chi connectivity index (χ3v) is 8.43. The molecule has 0 saturated carbocycles. The van der Waals surface area contributed by atoms with Crippen molar-refractivity contribution in [3.63, 3.8) is 0 Å². The van der Waals surface area contributed by atoms with Gasteiger partial charge >= 0.3 is 0 Å². The highest BCUT2D eigenvalue weighted by Gasteiger charge is 2.36. The van der Waals surface area contributed by atoms with Gasteiger partial charge in [0.2, 0.25) is 21.1 Å². The average Bonchev–Trinajstić information content (AvgIpc) is 3.43. The van der Waals surface area contributed by atoms with E-state index in [0.29, 0.717) is 30.2 Å². The number of carbonyl (C=O) groups is 1. The minimum Gasteiger partial charge on any atom is -0.360 e. The molecule has 0 spiro atoms. The SMILES string of the molecule is Cc1noc(C)c1S(=O)(=O)N1CCCC(C(=O)Nc2nnc(-c3ccsc3)s2)C1. The average molecular weight is 454 g/mol. The van der Waals surface area contributed by atoms with Crippen LogP contribution >= 0.6 is 22.7 Å². The molecule has 1 N–H and O–H groups in total. The van der Waals surface area contributed by atoms with Crippen molar-refractivity contribution in [2.75, 3.05) is 18.4 Å². The summed E-state index contributed by atoms with van der Waals surface area (Å²) in [7, 11) is -3.77. The quantitative estimate of drug-likeness (QED) is 0.631. The van der Waals surface area contributed by atoms with Crippen molar-refractivity contribution in [3.05, 3.63) is 28.3 Å². The number of nitrogens with one attached hydrogen (secondary N) is 1. The van der Waals surface area contributed by atoms with Crippen molar-refractivity contribution in [2.45, 2.75) is 31.6 Å². The fourth-order valence-corrected chi connectivity index (χ4v) is 6.60. The van der Waals surface area contributed by atoms with Crippen molar-refractivity contribution in [3.8, 4) is 10.6 Å². The van der Waals surface area contributed by atoms with Gasteiger partial charge in [-0.2, -0.15) is 15.6 Å². The summed E-state index contributed by atoms with van der Waals surface area (Å²) in [6, 6.07) is 1.94. The van der Waals surface area contributed by atoms with Crippen LogP contribution in [0.15, 0.2) is 26.2 Å². The van der Waals surface area contributed by atoms with Gasteiger partial charge in [-0.05, 0) is 38.1 Å². The lowest BCUT2D eigenvalue weighted by Crippen LogP contribution is -2.43. The lowest BCUT2D eigenvalue weighted by atomic mass is 9.99. The van der Waals surface area contributed by atoms with Crippen molar-refractivity contribution >= 4 is 43.7 Å². The molecule has 1 unspecified atom stereocenters. The minimum absolute atomic E-state index is 0.0862. The Labute approximate surface area is 175 Å². The summed E-state index contributed by atoms with van der Waals surface area (Å²) in [6.45, 7) is 3.63. The van der Waals surface area contributed by atoms with Crippen molar-refractivity contribution in [1.82, 2.24) is 19.7 Å². The summed E-state index contributed by atoms with van der Waals surface area (Å²) in [5, 5.41) is 19.7. The zero-order valence-corrected chi connectivity index (χ0v) is 18.2. The number of hydrogen-bond donors (Lipinski definition) is 1. The molecule has 1 aliphatic rings. The van der Waals surface area contributed by atoms with E-state index in [1.54, 1.807) is 25.2 Å². The van der Waals surface area contributed by atoms with Gasteiger partial charge in [0, 0.05) is 24.0 Å². The van der Waals surface area contributed by atoms with Crippen LogP contribution in [-0.4, -0.2) is 47.1 Å². The van der Waals surface area contributed by atoms with Crippen LogP contribution in [0, 0.1) is 19.8 Å². The van der Waals surface area contributed by atoms with E-state index in [0.717, 1.165) is 10.6 Å².